The van der Waals surface area contributed by atoms with Crippen LogP contribution in [0.15, 0.2) is 0 Å². The maximum atomic E-state index is 6.46. The van der Waals surface area contributed by atoms with Crippen LogP contribution >= 0.6 is 11.6 Å². The fourth-order valence-corrected chi connectivity index (χ4v) is 3.65. The third-order valence-corrected chi connectivity index (χ3v) is 5.36. The van der Waals surface area contributed by atoms with Gasteiger partial charge in [-0.15, -0.1) is 0 Å². The summed E-state index contributed by atoms with van der Waals surface area (Å²) in [6, 6.07) is 0.198. The Morgan fingerprint density at radius 1 is 1.40 bits per heavy atom. The van der Waals surface area contributed by atoms with Crippen molar-refractivity contribution in [1.29, 1.82) is 0 Å². The van der Waals surface area contributed by atoms with Gasteiger partial charge in [0.1, 0.15) is 0 Å². The second-order valence-corrected chi connectivity index (χ2v) is 7.43. The monoisotopic (exact) mass is 297 g/mol. The van der Waals surface area contributed by atoms with Crippen LogP contribution in [0.1, 0.15) is 57.8 Å². The van der Waals surface area contributed by atoms with Gasteiger partial charge in [0.05, 0.1) is 16.4 Å². The Balaban J connectivity index is 2.02. The van der Waals surface area contributed by atoms with Crippen LogP contribution in [-0.4, -0.2) is 15.8 Å². The highest BCUT2D eigenvalue weighted by Gasteiger charge is 2.30. The number of rotatable bonds is 4. The molecule has 1 aromatic rings. The van der Waals surface area contributed by atoms with E-state index in [1.807, 2.05) is 11.7 Å². The third kappa shape index (κ3) is 3.37. The summed E-state index contributed by atoms with van der Waals surface area (Å²) in [5, 5.41) is 5.30. The summed E-state index contributed by atoms with van der Waals surface area (Å²) in [5.74, 6) is 0.624. The smallest absolute Gasteiger partial charge is 0.0850 e. The molecule has 20 heavy (non-hydrogen) atoms. The van der Waals surface area contributed by atoms with Crippen LogP contribution < -0.4 is 5.73 Å². The van der Waals surface area contributed by atoms with Crippen molar-refractivity contribution in [2.75, 3.05) is 0 Å². The Hall–Kier alpha value is -0.540. The number of nitrogens with zero attached hydrogens (tertiary/aromatic N) is 2. The van der Waals surface area contributed by atoms with Crippen molar-refractivity contribution in [3.8, 4) is 0 Å². The molecule has 0 bridgehead atoms. The highest BCUT2D eigenvalue weighted by atomic mass is 35.5. The lowest BCUT2D eigenvalue weighted by Gasteiger charge is -2.36. The lowest BCUT2D eigenvalue weighted by atomic mass is 9.71. The summed E-state index contributed by atoms with van der Waals surface area (Å²) in [4.78, 5) is 0. The van der Waals surface area contributed by atoms with Gasteiger partial charge in [0, 0.05) is 19.5 Å². The zero-order valence-corrected chi connectivity index (χ0v) is 14.0. The highest BCUT2D eigenvalue weighted by Crippen LogP contribution is 2.39. The van der Waals surface area contributed by atoms with E-state index >= 15 is 0 Å². The number of aromatic nitrogens is 2. The normalized spacial score (nSPS) is 21.1. The molecular weight excluding hydrogens is 270 g/mol. The molecule has 0 radical (unpaired) electrons. The Labute approximate surface area is 127 Å². The molecule has 1 fully saturated rings. The van der Waals surface area contributed by atoms with Crippen LogP contribution in [0, 0.1) is 11.3 Å². The molecule has 1 aliphatic rings. The Morgan fingerprint density at radius 3 is 2.50 bits per heavy atom. The molecule has 1 atom stereocenters. The first-order chi connectivity index (χ1) is 9.34. The molecule has 2 N–H and O–H groups in total. The van der Waals surface area contributed by atoms with Crippen molar-refractivity contribution in [3.05, 3.63) is 16.4 Å². The molecule has 4 heteroatoms. The van der Waals surface area contributed by atoms with E-state index in [9.17, 15) is 0 Å². The van der Waals surface area contributed by atoms with Gasteiger partial charge in [-0.05, 0) is 43.4 Å². The van der Waals surface area contributed by atoms with Gasteiger partial charge in [0.15, 0.2) is 0 Å². The number of hydrogen-bond donors (Lipinski definition) is 1. The molecule has 0 spiro atoms. The Kier molecular flexibility index (Phi) is 4.80. The molecule has 0 aliphatic heterocycles. The summed E-state index contributed by atoms with van der Waals surface area (Å²) in [6.07, 6.45) is 6.76. The first-order valence-corrected chi connectivity index (χ1v) is 8.17. The lowest BCUT2D eigenvalue weighted by Crippen LogP contribution is -2.37. The number of hydrogen-bond acceptors (Lipinski definition) is 2. The topological polar surface area (TPSA) is 43.8 Å². The molecule has 0 saturated heterocycles. The first-order valence-electron chi connectivity index (χ1n) is 7.80. The van der Waals surface area contributed by atoms with E-state index in [0.717, 1.165) is 29.3 Å². The second kappa shape index (κ2) is 6.07. The Bertz CT molecular complexity index is 455. The van der Waals surface area contributed by atoms with Gasteiger partial charge in [-0.3, -0.25) is 4.68 Å². The molecule has 2 rings (SSSR count). The highest BCUT2D eigenvalue weighted by molar-refractivity contribution is 6.31. The minimum atomic E-state index is 0.198. The quantitative estimate of drug-likeness (QED) is 0.920. The largest absolute Gasteiger partial charge is 0.327 e. The number of halogens is 1. The average Bonchev–Trinajstić information content (AvgIpc) is 2.66. The maximum Gasteiger partial charge on any atom is 0.0850 e. The Morgan fingerprint density at radius 2 is 2.00 bits per heavy atom. The molecule has 1 unspecified atom stereocenters. The zero-order chi connectivity index (χ0) is 14.9. The minimum absolute atomic E-state index is 0.198. The lowest BCUT2D eigenvalue weighted by molar-refractivity contribution is 0.172. The van der Waals surface area contributed by atoms with Crippen LogP contribution in [0.25, 0.3) is 0 Å². The fraction of sp³-hybridized carbons (Fsp3) is 0.812. The van der Waals surface area contributed by atoms with Crippen LogP contribution in [0.5, 0.6) is 0 Å². The SMILES string of the molecule is CCc1nn(C)c(CC(N)C2CCC(C)(C)CC2)c1Cl. The van der Waals surface area contributed by atoms with Gasteiger partial charge in [-0.25, -0.2) is 0 Å². The van der Waals surface area contributed by atoms with Crippen molar-refractivity contribution in [2.45, 2.75) is 65.3 Å². The van der Waals surface area contributed by atoms with Gasteiger partial charge in [-0.2, -0.15) is 5.10 Å². The summed E-state index contributed by atoms with van der Waals surface area (Å²) < 4.78 is 1.91. The van der Waals surface area contributed by atoms with Gasteiger partial charge >= 0.3 is 0 Å². The predicted molar refractivity (Wildman–Crippen MR) is 85.0 cm³/mol. The maximum absolute atomic E-state index is 6.46. The molecule has 114 valence electrons. The van der Waals surface area contributed by atoms with Gasteiger partial charge in [0.25, 0.3) is 0 Å². The molecule has 0 aromatic carbocycles. The van der Waals surface area contributed by atoms with Crippen molar-refractivity contribution in [3.63, 3.8) is 0 Å². The first kappa shape index (κ1) is 15.8. The standard InChI is InChI=1S/C16H28ClN3/c1-5-13-15(17)14(20(4)19-13)10-12(18)11-6-8-16(2,3)9-7-11/h11-12H,5-10,18H2,1-4H3. The molecule has 1 saturated carbocycles. The van der Waals surface area contributed by atoms with Crippen molar-refractivity contribution >= 4 is 11.6 Å². The van der Waals surface area contributed by atoms with E-state index in [2.05, 4.69) is 25.9 Å². The van der Waals surface area contributed by atoms with Crippen LogP contribution in [0.2, 0.25) is 5.02 Å². The van der Waals surface area contributed by atoms with Gasteiger partial charge in [-0.1, -0.05) is 32.4 Å². The van der Waals surface area contributed by atoms with E-state index in [0.29, 0.717) is 11.3 Å². The third-order valence-electron chi connectivity index (χ3n) is 4.92. The molecule has 1 aliphatic carbocycles. The van der Waals surface area contributed by atoms with E-state index in [1.54, 1.807) is 0 Å². The molecule has 0 amide bonds. The molecule has 3 nitrogen and oxygen atoms in total. The van der Waals surface area contributed by atoms with Gasteiger partial charge in [0.2, 0.25) is 0 Å². The number of nitrogens with two attached hydrogens (primary N) is 1. The van der Waals surface area contributed by atoms with Gasteiger partial charge < -0.3 is 5.73 Å². The summed E-state index contributed by atoms with van der Waals surface area (Å²) in [6.45, 7) is 6.81. The molecule has 1 aromatic heterocycles. The van der Waals surface area contributed by atoms with E-state index < -0.39 is 0 Å². The van der Waals surface area contributed by atoms with Crippen LogP contribution in [0.4, 0.5) is 0 Å². The molecular formula is C16H28ClN3. The summed E-state index contributed by atoms with van der Waals surface area (Å²) in [5.41, 5.74) is 9.04. The minimum Gasteiger partial charge on any atom is -0.327 e. The van der Waals surface area contributed by atoms with E-state index in [1.165, 1.54) is 25.7 Å². The fourth-order valence-electron chi connectivity index (χ4n) is 3.28. The van der Waals surface area contributed by atoms with E-state index in [4.69, 9.17) is 17.3 Å². The van der Waals surface area contributed by atoms with Crippen molar-refractivity contribution in [2.24, 2.45) is 24.1 Å². The average molecular weight is 298 g/mol. The molecule has 1 heterocycles. The zero-order valence-electron chi connectivity index (χ0n) is 13.2. The van der Waals surface area contributed by atoms with Crippen molar-refractivity contribution in [1.82, 2.24) is 9.78 Å². The summed E-state index contributed by atoms with van der Waals surface area (Å²) >= 11 is 6.42. The second-order valence-electron chi connectivity index (χ2n) is 7.05. The van der Waals surface area contributed by atoms with Crippen molar-refractivity contribution < 1.29 is 0 Å². The predicted octanol–water partition coefficient (Wildman–Crippen LogP) is 3.72. The number of aryl methyl sites for hydroxylation is 2. The van der Waals surface area contributed by atoms with Crippen LogP contribution in [-0.2, 0) is 19.9 Å². The van der Waals surface area contributed by atoms with Crippen LogP contribution in [0.3, 0.4) is 0 Å². The summed E-state index contributed by atoms with van der Waals surface area (Å²) in [7, 11) is 1.97. The van der Waals surface area contributed by atoms with E-state index in [-0.39, 0.29) is 6.04 Å².